The van der Waals surface area contributed by atoms with Crippen LogP contribution in [0.1, 0.15) is 59.3 Å². The van der Waals surface area contributed by atoms with Crippen LogP contribution in [0.25, 0.3) is 0 Å². The van der Waals surface area contributed by atoms with E-state index in [2.05, 4.69) is 0 Å². The lowest BCUT2D eigenvalue weighted by molar-refractivity contribution is -0.143. The fourth-order valence-electron chi connectivity index (χ4n) is 3.48. The van der Waals surface area contributed by atoms with Gasteiger partial charge in [0, 0.05) is 25.3 Å². The zero-order chi connectivity index (χ0) is 17.0. The topological polar surface area (TPSA) is 76.1 Å². The van der Waals surface area contributed by atoms with Gasteiger partial charge >= 0.3 is 12.1 Å². The number of carboxylic acids is 1. The van der Waals surface area contributed by atoms with Crippen molar-refractivity contribution in [1.29, 1.82) is 0 Å². The molecule has 2 rings (SSSR count). The fraction of sp³-hybridized carbons (Fsp3) is 0.882. The average Bonchev–Trinajstić information content (AvgIpc) is 2.47. The summed E-state index contributed by atoms with van der Waals surface area (Å²) >= 11 is 0. The van der Waals surface area contributed by atoms with Crippen LogP contribution >= 0.6 is 0 Å². The molecule has 0 bridgehead atoms. The number of aliphatic carboxylic acids is 1. The van der Waals surface area contributed by atoms with Gasteiger partial charge < -0.3 is 19.5 Å². The first-order chi connectivity index (χ1) is 10.8. The van der Waals surface area contributed by atoms with Crippen molar-refractivity contribution in [1.82, 2.24) is 4.90 Å². The van der Waals surface area contributed by atoms with Crippen LogP contribution in [0.5, 0.6) is 0 Å². The van der Waals surface area contributed by atoms with Gasteiger partial charge in [-0.2, -0.15) is 0 Å². The van der Waals surface area contributed by atoms with Gasteiger partial charge in [0.2, 0.25) is 0 Å². The highest BCUT2D eigenvalue weighted by Crippen LogP contribution is 2.32. The van der Waals surface area contributed by atoms with Crippen molar-refractivity contribution in [2.24, 2.45) is 5.92 Å². The predicted molar refractivity (Wildman–Crippen MR) is 85.3 cm³/mol. The lowest BCUT2D eigenvalue weighted by Crippen LogP contribution is -2.52. The van der Waals surface area contributed by atoms with E-state index in [0.29, 0.717) is 26.1 Å². The van der Waals surface area contributed by atoms with Crippen LogP contribution in [-0.4, -0.2) is 53.0 Å². The van der Waals surface area contributed by atoms with Crippen molar-refractivity contribution in [2.45, 2.75) is 77.0 Å². The molecule has 6 heteroatoms. The average molecular weight is 327 g/mol. The van der Waals surface area contributed by atoms with Crippen LogP contribution in [0, 0.1) is 5.92 Å². The molecule has 1 N–H and O–H groups in total. The molecular weight excluding hydrogens is 298 g/mol. The Morgan fingerprint density at radius 3 is 2.00 bits per heavy atom. The lowest BCUT2D eigenvalue weighted by atomic mass is 9.84. The van der Waals surface area contributed by atoms with Gasteiger partial charge in [-0.05, 0) is 59.3 Å². The summed E-state index contributed by atoms with van der Waals surface area (Å²) < 4.78 is 11.0. The van der Waals surface area contributed by atoms with Gasteiger partial charge in [0.05, 0.1) is 5.92 Å². The van der Waals surface area contributed by atoms with Crippen molar-refractivity contribution < 1.29 is 24.2 Å². The molecule has 1 aliphatic heterocycles. The van der Waals surface area contributed by atoms with Gasteiger partial charge in [0.15, 0.2) is 0 Å². The predicted octanol–water partition coefficient (Wildman–Crippen LogP) is 3.05. The molecule has 0 aromatic carbocycles. The van der Waals surface area contributed by atoms with E-state index in [9.17, 15) is 9.59 Å². The standard InChI is InChI=1S/C17H29NO5/c1-17(2,3)23-16(21)18(14-8-10-22-11-9-14)13-6-4-12(5-7-13)15(19)20/h12-14H,4-11H2,1-3H3,(H,19,20). The third-order valence-corrected chi connectivity index (χ3v) is 4.63. The van der Waals surface area contributed by atoms with Gasteiger partial charge in [-0.1, -0.05) is 0 Å². The third kappa shape index (κ3) is 5.09. The van der Waals surface area contributed by atoms with Crippen LogP contribution in [-0.2, 0) is 14.3 Å². The Labute approximate surface area is 138 Å². The van der Waals surface area contributed by atoms with Gasteiger partial charge in [-0.25, -0.2) is 4.79 Å². The molecule has 0 spiro atoms. The molecule has 0 aromatic heterocycles. The van der Waals surface area contributed by atoms with Crippen LogP contribution in [0.4, 0.5) is 4.79 Å². The van der Waals surface area contributed by atoms with Crippen LogP contribution in [0.3, 0.4) is 0 Å². The van der Waals surface area contributed by atoms with Crippen molar-refractivity contribution in [3.63, 3.8) is 0 Å². The minimum absolute atomic E-state index is 0.0727. The first-order valence-electron chi connectivity index (χ1n) is 8.60. The van der Waals surface area contributed by atoms with Crippen molar-refractivity contribution >= 4 is 12.1 Å². The molecule has 1 amide bonds. The third-order valence-electron chi connectivity index (χ3n) is 4.63. The van der Waals surface area contributed by atoms with Gasteiger partial charge in [-0.3, -0.25) is 4.79 Å². The summed E-state index contributed by atoms with van der Waals surface area (Å²) in [6.07, 6.45) is 4.07. The van der Waals surface area contributed by atoms with E-state index >= 15 is 0 Å². The van der Waals surface area contributed by atoms with Gasteiger partial charge in [-0.15, -0.1) is 0 Å². The first kappa shape index (κ1) is 18.0. The number of carboxylic acid groups (broad SMARTS) is 1. The molecule has 132 valence electrons. The minimum Gasteiger partial charge on any atom is -0.481 e. The van der Waals surface area contributed by atoms with Crippen LogP contribution in [0.2, 0.25) is 0 Å². The van der Waals surface area contributed by atoms with E-state index in [-0.39, 0.29) is 24.1 Å². The van der Waals surface area contributed by atoms with E-state index in [1.54, 1.807) is 0 Å². The summed E-state index contributed by atoms with van der Waals surface area (Å²) in [6.45, 7) is 6.93. The Morgan fingerprint density at radius 1 is 1.00 bits per heavy atom. The number of carbonyl (C=O) groups is 2. The van der Waals surface area contributed by atoms with E-state index in [4.69, 9.17) is 14.6 Å². The summed E-state index contributed by atoms with van der Waals surface area (Å²) in [7, 11) is 0. The number of amides is 1. The monoisotopic (exact) mass is 327 g/mol. The van der Waals surface area contributed by atoms with Crippen LogP contribution < -0.4 is 0 Å². The zero-order valence-corrected chi connectivity index (χ0v) is 14.4. The number of ether oxygens (including phenoxy) is 2. The quantitative estimate of drug-likeness (QED) is 0.862. The number of hydrogen-bond acceptors (Lipinski definition) is 4. The summed E-state index contributed by atoms with van der Waals surface area (Å²) in [6, 6.07) is 0.202. The Bertz CT molecular complexity index is 417. The Kier molecular flexibility index (Phi) is 5.89. The Hall–Kier alpha value is -1.30. The number of nitrogens with zero attached hydrogens (tertiary/aromatic N) is 1. The Morgan fingerprint density at radius 2 is 1.52 bits per heavy atom. The summed E-state index contributed by atoms with van der Waals surface area (Å²) in [4.78, 5) is 25.7. The highest BCUT2D eigenvalue weighted by Gasteiger charge is 2.37. The second-order valence-electron chi connectivity index (χ2n) is 7.57. The summed E-state index contributed by atoms with van der Waals surface area (Å²) in [5, 5.41) is 9.15. The largest absolute Gasteiger partial charge is 0.481 e. The zero-order valence-electron chi connectivity index (χ0n) is 14.4. The summed E-state index contributed by atoms with van der Waals surface area (Å²) in [5.41, 5.74) is -0.529. The molecule has 2 aliphatic rings. The molecule has 2 fully saturated rings. The molecule has 1 saturated carbocycles. The lowest BCUT2D eigenvalue weighted by Gasteiger charge is -2.42. The van der Waals surface area contributed by atoms with Crippen molar-refractivity contribution in [3.05, 3.63) is 0 Å². The highest BCUT2D eigenvalue weighted by atomic mass is 16.6. The van der Waals surface area contributed by atoms with E-state index in [1.807, 2.05) is 25.7 Å². The van der Waals surface area contributed by atoms with Crippen molar-refractivity contribution in [3.8, 4) is 0 Å². The van der Waals surface area contributed by atoms with Gasteiger partial charge in [0.1, 0.15) is 5.60 Å². The van der Waals surface area contributed by atoms with Crippen molar-refractivity contribution in [2.75, 3.05) is 13.2 Å². The maximum Gasteiger partial charge on any atom is 0.410 e. The number of hydrogen-bond donors (Lipinski definition) is 1. The fourth-order valence-corrected chi connectivity index (χ4v) is 3.48. The molecule has 1 saturated heterocycles. The maximum atomic E-state index is 12.7. The highest BCUT2D eigenvalue weighted by molar-refractivity contribution is 5.71. The van der Waals surface area contributed by atoms with E-state index in [1.165, 1.54) is 0 Å². The maximum absolute atomic E-state index is 12.7. The SMILES string of the molecule is CC(C)(C)OC(=O)N(C1CCOCC1)C1CCC(C(=O)O)CC1. The molecule has 0 aromatic rings. The molecule has 0 atom stereocenters. The second-order valence-corrected chi connectivity index (χ2v) is 7.57. The molecule has 0 radical (unpaired) electrons. The number of rotatable bonds is 3. The van der Waals surface area contributed by atoms with E-state index < -0.39 is 11.6 Å². The molecule has 1 heterocycles. The summed E-state index contributed by atoms with van der Waals surface area (Å²) in [5.74, 6) is -1.00. The molecule has 23 heavy (non-hydrogen) atoms. The molecule has 6 nitrogen and oxygen atoms in total. The number of carbonyl (C=O) groups excluding carboxylic acids is 1. The minimum atomic E-state index is -0.724. The van der Waals surface area contributed by atoms with Crippen LogP contribution in [0.15, 0.2) is 0 Å². The smallest absolute Gasteiger partial charge is 0.410 e. The van der Waals surface area contributed by atoms with Gasteiger partial charge in [0.25, 0.3) is 0 Å². The van der Waals surface area contributed by atoms with E-state index in [0.717, 1.165) is 25.7 Å². The first-order valence-corrected chi connectivity index (χ1v) is 8.60. The second kappa shape index (κ2) is 7.51. The molecule has 1 aliphatic carbocycles. The normalized spacial score (nSPS) is 26.6. The Balaban J connectivity index is 2.07. The molecular formula is C17H29NO5. The molecule has 0 unspecified atom stereocenters.